The molecule has 8 heteroatoms. The van der Waals surface area contributed by atoms with Crippen LogP contribution in [0.1, 0.15) is 25.3 Å². The number of amides is 2. The van der Waals surface area contributed by atoms with Gasteiger partial charge in [-0.1, -0.05) is 42.4 Å². The van der Waals surface area contributed by atoms with Crippen LogP contribution >= 0.6 is 0 Å². The fraction of sp³-hybridized carbons (Fsp3) is 0.375. The molecule has 170 valence electrons. The van der Waals surface area contributed by atoms with Crippen molar-refractivity contribution in [3.63, 3.8) is 0 Å². The number of hydrogen-bond donors (Lipinski definition) is 1. The average molecular weight is 439 g/mol. The van der Waals surface area contributed by atoms with Gasteiger partial charge in [-0.2, -0.15) is 0 Å². The lowest BCUT2D eigenvalue weighted by molar-refractivity contribution is -0.132. The van der Waals surface area contributed by atoms with Gasteiger partial charge in [0.15, 0.2) is 0 Å². The molecule has 0 aliphatic carbocycles. The third kappa shape index (κ3) is 6.81. The van der Waals surface area contributed by atoms with Gasteiger partial charge in [-0.05, 0) is 29.8 Å². The predicted molar refractivity (Wildman–Crippen MR) is 124 cm³/mol. The number of ether oxygens (including phenoxy) is 1. The van der Waals surface area contributed by atoms with E-state index in [0.29, 0.717) is 30.0 Å². The summed E-state index contributed by atoms with van der Waals surface area (Å²) in [5.74, 6) is 0.903. The third-order valence-electron chi connectivity index (χ3n) is 5.37. The Bertz CT molecular complexity index is 907. The molecular formula is C24H30N4O4. The van der Waals surface area contributed by atoms with E-state index in [4.69, 9.17) is 9.57 Å². The molecule has 1 aliphatic rings. The number of hydrogen-bond acceptors (Lipinski definition) is 6. The Labute approximate surface area is 188 Å². The zero-order valence-electron chi connectivity index (χ0n) is 18.6. The molecule has 3 rings (SSSR count). The molecule has 0 radical (unpaired) electrons. The Hall–Kier alpha value is -3.39. The quantitative estimate of drug-likeness (QED) is 0.387. The summed E-state index contributed by atoms with van der Waals surface area (Å²) in [7, 11) is 1.58. The molecule has 8 nitrogen and oxygen atoms in total. The number of benzene rings is 2. The number of anilines is 1. The topological polar surface area (TPSA) is 83.5 Å². The monoisotopic (exact) mass is 438 g/mol. The van der Waals surface area contributed by atoms with Crippen LogP contribution in [0.3, 0.4) is 0 Å². The first-order chi connectivity index (χ1) is 15.6. The smallest absolute Gasteiger partial charge is 0.437 e. The molecule has 1 heterocycles. The van der Waals surface area contributed by atoms with Gasteiger partial charge >= 0.3 is 6.09 Å². The van der Waals surface area contributed by atoms with Crippen molar-refractivity contribution in [3.8, 4) is 5.75 Å². The molecule has 0 spiro atoms. The van der Waals surface area contributed by atoms with E-state index in [1.807, 2.05) is 42.2 Å². The van der Waals surface area contributed by atoms with Crippen LogP contribution in [0.15, 0.2) is 59.8 Å². The van der Waals surface area contributed by atoms with E-state index in [2.05, 4.69) is 15.4 Å². The van der Waals surface area contributed by atoms with Gasteiger partial charge in [0.2, 0.25) is 5.91 Å². The maximum atomic E-state index is 12.2. The maximum Gasteiger partial charge on any atom is 0.437 e. The second kappa shape index (κ2) is 11.9. The van der Waals surface area contributed by atoms with Crippen molar-refractivity contribution in [1.82, 2.24) is 9.80 Å². The lowest BCUT2D eigenvalue weighted by atomic mass is 10.1. The molecule has 2 aromatic rings. The molecule has 2 aromatic carbocycles. The number of nitrogens with one attached hydrogen (secondary N) is 1. The predicted octanol–water partition coefficient (Wildman–Crippen LogP) is 3.59. The number of methoxy groups -OCH3 is 1. The molecule has 32 heavy (non-hydrogen) atoms. The molecule has 0 aromatic heterocycles. The lowest BCUT2D eigenvalue weighted by Crippen LogP contribution is -2.48. The molecule has 0 atom stereocenters. The second-order valence-corrected chi connectivity index (χ2v) is 7.46. The van der Waals surface area contributed by atoms with E-state index in [1.165, 1.54) is 0 Å². The highest BCUT2D eigenvalue weighted by molar-refractivity contribution is 6.00. The van der Waals surface area contributed by atoms with E-state index in [0.717, 1.165) is 38.3 Å². The van der Waals surface area contributed by atoms with Crippen molar-refractivity contribution < 1.29 is 19.2 Å². The van der Waals surface area contributed by atoms with E-state index < -0.39 is 6.09 Å². The zero-order chi connectivity index (χ0) is 22.8. The Balaban J connectivity index is 1.57. The fourth-order valence-electron chi connectivity index (χ4n) is 3.49. The van der Waals surface area contributed by atoms with Gasteiger partial charge in [0.05, 0.1) is 12.8 Å². The van der Waals surface area contributed by atoms with Crippen LogP contribution in [0.4, 0.5) is 10.5 Å². The number of oxime groups is 1. The largest absolute Gasteiger partial charge is 0.497 e. The number of carbonyl (C=O) groups excluding carboxylic acids is 2. The van der Waals surface area contributed by atoms with E-state index in [-0.39, 0.29) is 5.91 Å². The van der Waals surface area contributed by atoms with Crippen LogP contribution in [0, 0.1) is 0 Å². The Morgan fingerprint density at radius 2 is 1.69 bits per heavy atom. The number of piperazine rings is 1. The van der Waals surface area contributed by atoms with E-state index in [9.17, 15) is 9.59 Å². The minimum absolute atomic E-state index is 0.201. The first kappa shape index (κ1) is 23.3. The zero-order valence-corrected chi connectivity index (χ0v) is 18.6. The second-order valence-electron chi connectivity index (χ2n) is 7.46. The molecular weight excluding hydrogens is 408 g/mol. The summed E-state index contributed by atoms with van der Waals surface area (Å²) >= 11 is 0. The van der Waals surface area contributed by atoms with Crippen molar-refractivity contribution in [2.24, 2.45) is 5.16 Å². The highest BCUT2D eigenvalue weighted by atomic mass is 16.7. The molecule has 0 bridgehead atoms. The van der Waals surface area contributed by atoms with Crippen LogP contribution in [0.5, 0.6) is 5.75 Å². The lowest BCUT2D eigenvalue weighted by Gasteiger charge is -2.34. The number of carbonyl (C=O) groups is 2. The number of nitrogens with zero attached hydrogens (tertiary/aromatic N) is 3. The summed E-state index contributed by atoms with van der Waals surface area (Å²) in [6.07, 6.45) is 0.512. The highest BCUT2D eigenvalue weighted by Gasteiger charge is 2.20. The average Bonchev–Trinajstić information content (AvgIpc) is 2.85. The van der Waals surface area contributed by atoms with Gasteiger partial charge in [0.1, 0.15) is 5.75 Å². The normalized spacial score (nSPS) is 14.7. The van der Waals surface area contributed by atoms with Gasteiger partial charge in [-0.25, -0.2) is 4.79 Å². The fourth-order valence-corrected chi connectivity index (χ4v) is 3.49. The summed E-state index contributed by atoms with van der Waals surface area (Å²) < 4.78 is 5.11. The SMILES string of the molecule is CCC(=O)N1CCN(CC/C(=N/OC(=O)Nc2ccc(OC)cc2)c2ccccc2)CC1. The van der Waals surface area contributed by atoms with Crippen LogP contribution in [0.25, 0.3) is 0 Å². The van der Waals surface area contributed by atoms with Gasteiger partial charge in [0, 0.05) is 51.3 Å². The first-order valence-electron chi connectivity index (χ1n) is 10.8. The van der Waals surface area contributed by atoms with Crippen LogP contribution in [-0.2, 0) is 9.63 Å². The Kier molecular flexibility index (Phi) is 8.62. The number of rotatable bonds is 8. The standard InChI is InChI=1S/C24H30N4O4/c1-3-23(29)28-17-15-27(16-18-28)14-13-22(19-7-5-4-6-8-19)26-32-24(30)25-20-9-11-21(31-2)12-10-20/h4-12H,3,13-18H2,1-2H3,(H,25,30)/b26-22-. The summed E-state index contributed by atoms with van der Waals surface area (Å²) in [5, 5.41) is 6.81. The van der Waals surface area contributed by atoms with Gasteiger partial charge < -0.3 is 9.64 Å². The van der Waals surface area contributed by atoms with Crippen LogP contribution < -0.4 is 10.1 Å². The van der Waals surface area contributed by atoms with Crippen molar-refractivity contribution in [1.29, 1.82) is 0 Å². The Morgan fingerprint density at radius 1 is 1.00 bits per heavy atom. The van der Waals surface area contributed by atoms with Crippen molar-refractivity contribution in [2.45, 2.75) is 19.8 Å². The van der Waals surface area contributed by atoms with E-state index in [1.54, 1.807) is 31.4 Å². The summed E-state index contributed by atoms with van der Waals surface area (Å²) in [5.41, 5.74) is 2.19. The van der Waals surface area contributed by atoms with Gasteiger partial charge in [-0.15, -0.1) is 0 Å². The molecule has 0 unspecified atom stereocenters. The first-order valence-corrected chi connectivity index (χ1v) is 10.8. The summed E-state index contributed by atoms with van der Waals surface area (Å²) in [4.78, 5) is 33.5. The van der Waals surface area contributed by atoms with Crippen LogP contribution in [-0.4, -0.2) is 67.3 Å². The minimum Gasteiger partial charge on any atom is -0.497 e. The molecule has 1 aliphatic heterocycles. The minimum atomic E-state index is -0.657. The summed E-state index contributed by atoms with van der Waals surface area (Å²) in [6.45, 7) is 5.79. The highest BCUT2D eigenvalue weighted by Crippen LogP contribution is 2.15. The molecule has 0 saturated carbocycles. The van der Waals surface area contributed by atoms with Crippen molar-refractivity contribution in [2.75, 3.05) is 45.2 Å². The molecule has 1 fully saturated rings. The maximum absolute atomic E-state index is 12.2. The third-order valence-corrected chi connectivity index (χ3v) is 5.37. The van der Waals surface area contributed by atoms with Gasteiger partial charge in [-0.3, -0.25) is 19.8 Å². The van der Waals surface area contributed by atoms with Crippen molar-refractivity contribution in [3.05, 3.63) is 60.2 Å². The molecule has 1 N–H and O–H groups in total. The van der Waals surface area contributed by atoms with Gasteiger partial charge in [0.25, 0.3) is 0 Å². The Morgan fingerprint density at radius 3 is 2.31 bits per heavy atom. The molecule has 2 amide bonds. The molecule has 1 saturated heterocycles. The van der Waals surface area contributed by atoms with E-state index >= 15 is 0 Å². The van der Waals surface area contributed by atoms with Crippen molar-refractivity contribution >= 4 is 23.4 Å². The van der Waals surface area contributed by atoms with Crippen LogP contribution in [0.2, 0.25) is 0 Å². The summed E-state index contributed by atoms with van der Waals surface area (Å²) in [6, 6.07) is 16.6.